The molecular formula is C7H3IN2O. The van der Waals surface area contributed by atoms with E-state index in [1.54, 1.807) is 6.07 Å². The maximum absolute atomic E-state index is 10.3. The quantitative estimate of drug-likeness (QED) is 0.434. The molecule has 0 N–H and O–H groups in total. The third-order valence-corrected chi connectivity index (χ3v) is 1.62. The van der Waals surface area contributed by atoms with E-state index in [9.17, 15) is 4.79 Å². The Labute approximate surface area is 77.2 Å². The lowest BCUT2D eigenvalue weighted by molar-refractivity contribution is 0.112. The summed E-state index contributed by atoms with van der Waals surface area (Å²) in [4.78, 5) is 14.2. The molecule has 0 saturated carbocycles. The molecule has 0 atom stereocenters. The van der Waals surface area contributed by atoms with Gasteiger partial charge in [0.05, 0.1) is 0 Å². The van der Waals surface area contributed by atoms with Crippen molar-refractivity contribution in [2.45, 2.75) is 0 Å². The average Bonchev–Trinajstić information content (AvgIpc) is 2.03. The summed E-state index contributed by atoms with van der Waals surface area (Å²) in [7, 11) is 0. The molecule has 11 heavy (non-hydrogen) atoms. The molecule has 0 aliphatic rings. The number of carbonyl (C=O) groups is 1. The molecule has 0 fully saturated rings. The van der Waals surface area contributed by atoms with Crippen molar-refractivity contribution < 1.29 is 4.79 Å². The second kappa shape index (κ2) is 3.44. The zero-order chi connectivity index (χ0) is 8.27. The predicted molar refractivity (Wildman–Crippen MR) is 47.1 cm³/mol. The van der Waals surface area contributed by atoms with Crippen LogP contribution in [0, 0.1) is 15.0 Å². The number of pyridine rings is 1. The minimum atomic E-state index is 0.277. The van der Waals surface area contributed by atoms with E-state index in [-0.39, 0.29) is 5.69 Å². The van der Waals surface area contributed by atoms with Crippen LogP contribution < -0.4 is 0 Å². The molecule has 1 heterocycles. The highest BCUT2D eigenvalue weighted by molar-refractivity contribution is 14.1. The van der Waals surface area contributed by atoms with E-state index in [0.29, 0.717) is 15.6 Å². The molecule has 0 radical (unpaired) electrons. The standard InChI is InChI=1S/C7H3IN2O/c8-7-2-5(4-11)1-6(3-9)10-7/h1-2,4H. The summed E-state index contributed by atoms with van der Waals surface area (Å²) < 4.78 is 0.656. The maximum Gasteiger partial charge on any atom is 0.150 e. The molecule has 0 bridgehead atoms. The topological polar surface area (TPSA) is 53.8 Å². The molecule has 1 aromatic rings. The number of halogens is 1. The zero-order valence-electron chi connectivity index (χ0n) is 5.41. The average molecular weight is 258 g/mol. The van der Waals surface area contributed by atoms with Gasteiger partial charge in [0.15, 0.2) is 0 Å². The Morgan fingerprint density at radius 2 is 2.36 bits per heavy atom. The summed E-state index contributed by atoms with van der Waals surface area (Å²) in [6, 6.07) is 4.94. The smallest absolute Gasteiger partial charge is 0.150 e. The molecule has 0 unspecified atom stereocenters. The number of aldehydes is 1. The van der Waals surface area contributed by atoms with Gasteiger partial charge in [-0.15, -0.1) is 0 Å². The molecule has 1 rings (SSSR count). The van der Waals surface area contributed by atoms with Crippen molar-refractivity contribution in [3.63, 3.8) is 0 Å². The van der Waals surface area contributed by atoms with Gasteiger partial charge in [0.25, 0.3) is 0 Å². The van der Waals surface area contributed by atoms with Crippen molar-refractivity contribution in [2.24, 2.45) is 0 Å². The van der Waals surface area contributed by atoms with Crippen molar-refractivity contribution in [1.29, 1.82) is 5.26 Å². The highest BCUT2D eigenvalue weighted by Gasteiger charge is 1.97. The first kappa shape index (κ1) is 8.14. The Kier molecular flexibility index (Phi) is 2.54. The van der Waals surface area contributed by atoms with Crippen LogP contribution in [0.4, 0.5) is 0 Å². The van der Waals surface area contributed by atoms with E-state index in [2.05, 4.69) is 4.98 Å². The van der Waals surface area contributed by atoms with Gasteiger partial charge in [-0.05, 0) is 34.7 Å². The van der Waals surface area contributed by atoms with Crippen molar-refractivity contribution in [1.82, 2.24) is 4.98 Å². The van der Waals surface area contributed by atoms with Crippen molar-refractivity contribution in [3.8, 4) is 6.07 Å². The normalized spacial score (nSPS) is 8.73. The van der Waals surface area contributed by atoms with Crippen LogP contribution in [0.1, 0.15) is 16.1 Å². The van der Waals surface area contributed by atoms with Gasteiger partial charge < -0.3 is 0 Å². The number of aromatic nitrogens is 1. The summed E-state index contributed by atoms with van der Waals surface area (Å²) in [5, 5.41) is 8.45. The third-order valence-electron chi connectivity index (χ3n) is 1.07. The van der Waals surface area contributed by atoms with Crippen LogP contribution in [0.15, 0.2) is 12.1 Å². The van der Waals surface area contributed by atoms with Crippen molar-refractivity contribution >= 4 is 28.9 Å². The Bertz CT molecular complexity index is 330. The molecular weight excluding hydrogens is 255 g/mol. The fraction of sp³-hybridized carbons (Fsp3) is 0. The van der Waals surface area contributed by atoms with E-state index in [1.165, 1.54) is 6.07 Å². The number of hydrogen-bond donors (Lipinski definition) is 0. The summed E-state index contributed by atoms with van der Waals surface area (Å²) in [5.41, 5.74) is 0.764. The van der Waals surface area contributed by atoms with E-state index in [0.717, 1.165) is 0 Å². The molecule has 3 nitrogen and oxygen atoms in total. The van der Waals surface area contributed by atoms with Gasteiger partial charge >= 0.3 is 0 Å². The number of nitriles is 1. The van der Waals surface area contributed by atoms with Crippen molar-refractivity contribution in [2.75, 3.05) is 0 Å². The van der Waals surface area contributed by atoms with E-state index in [1.807, 2.05) is 28.7 Å². The lowest BCUT2D eigenvalue weighted by atomic mass is 10.2. The van der Waals surface area contributed by atoms with Gasteiger partial charge in [0, 0.05) is 5.56 Å². The van der Waals surface area contributed by atoms with Crippen molar-refractivity contribution in [3.05, 3.63) is 27.1 Å². The summed E-state index contributed by atoms with van der Waals surface area (Å²) >= 11 is 1.96. The molecule has 0 amide bonds. The molecule has 0 aliphatic heterocycles. The Hall–Kier alpha value is -0.960. The number of carbonyl (C=O) groups excluding carboxylic acids is 1. The SMILES string of the molecule is N#Cc1cc(C=O)cc(I)n1. The van der Waals surface area contributed by atoms with Gasteiger partial charge in [-0.25, -0.2) is 4.98 Å². The first-order chi connectivity index (χ1) is 5.26. The van der Waals surface area contributed by atoms with E-state index >= 15 is 0 Å². The first-order valence-electron chi connectivity index (χ1n) is 2.79. The molecule has 0 spiro atoms. The molecule has 1 aromatic heterocycles. The maximum atomic E-state index is 10.3. The van der Waals surface area contributed by atoms with Gasteiger partial charge in [-0.2, -0.15) is 5.26 Å². The lowest BCUT2D eigenvalue weighted by Gasteiger charge is -1.92. The Balaban J connectivity index is 3.25. The molecule has 4 heteroatoms. The van der Waals surface area contributed by atoms with Crippen LogP contribution in [0.5, 0.6) is 0 Å². The van der Waals surface area contributed by atoms with Crippen LogP contribution in [0.2, 0.25) is 0 Å². The third kappa shape index (κ3) is 1.98. The molecule has 54 valence electrons. The van der Waals surface area contributed by atoms with Crippen LogP contribution in [0.3, 0.4) is 0 Å². The Morgan fingerprint density at radius 1 is 1.64 bits per heavy atom. The monoisotopic (exact) mass is 258 g/mol. The molecule has 0 aromatic carbocycles. The summed E-state index contributed by atoms with van der Waals surface area (Å²) in [6.45, 7) is 0. The largest absolute Gasteiger partial charge is 0.298 e. The number of rotatable bonds is 1. The summed E-state index contributed by atoms with van der Waals surface area (Å²) in [6.07, 6.45) is 0.699. The van der Waals surface area contributed by atoms with Gasteiger partial charge in [0.2, 0.25) is 0 Å². The molecule has 0 saturated heterocycles. The highest BCUT2D eigenvalue weighted by atomic mass is 127. The van der Waals surface area contributed by atoms with Gasteiger partial charge in [0.1, 0.15) is 21.7 Å². The lowest BCUT2D eigenvalue weighted by Crippen LogP contribution is -1.90. The second-order valence-corrected chi connectivity index (χ2v) is 2.94. The van der Waals surface area contributed by atoms with Gasteiger partial charge in [-0.3, -0.25) is 4.79 Å². The highest BCUT2D eigenvalue weighted by Crippen LogP contribution is 2.05. The zero-order valence-corrected chi connectivity index (χ0v) is 7.57. The minimum Gasteiger partial charge on any atom is -0.298 e. The van der Waals surface area contributed by atoms with Crippen LogP contribution in [0.25, 0.3) is 0 Å². The van der Waals surface area contributed by atoms with Crippen LogP contribution in [-0.2, 0) is 0 Å². The number of nitrogens with zero attached hydrogens (tertiary/aromatic N) is 2. The fourth-order valence-electron chi connectivity index (χ4n) is 0.642. The van der Waals surface area contributed by atoms with Crippen LogP contribution in [-0.4, -0.2) is 11.3 Å². The van der Waals surface area contributed by atoms with E-state index in [4.69, 9.17) is 5.26 Å². The fourth-order valence-corrected chi connectivity index (χ4v) is 1.26. The Morgan fingerprint density at radius 3 is 2.91 bits per heavy atom. The predicted octanol–water partition coefficient (Wildman–Crippen LogP) is 1.37. The number of hydrogen-bond acceptors (Lipinski definition) is 3. The van der Waals surface area contributed by atoms with E-state index < -0.39 is 0 Å². The first-order valence-corrected chi connectivity index (χ1v) is 3.87. The minimum absolute atomic E-state index is 0.277. The van der Waals surface area contributed by atoms with Crippen LogP contribution >= 0.6 is 22.6 Å². The second-order valence-electron chi connectivity index (χ2n) is 1.84. The molecule has 0 aliphatic carbocycles. The van der Waals surface area contributed by atoms with Gasteiger partial charge in [-0.1, -0.05) is 0 Å². The summed E-state index contributed by atoms with van der Waals surface area (Å²) in [5.74, 6) is 0.